The van der Waals surface area contributed by atoms with Gasteiger partial charge in [0.1, 0.15) is 0 Å². The molecule has 0 bridgehead atoms. The van der Waals surface area contributed by atoms with Crippen LogP contribution in [-0.2, 0) is 10.0 Å². The Morgan fingerprint density at radius 3 is 2.70 bits per heavy atom. The van der Waals surface area contributed by atoms with E-state index in [1.54, 1.807) is 6.92 Å². The average Bonchev–Trinajstić information content (AvgIpc) is 1.54. The van der Waals surface area contributed by atoms with Gasteiger partial charge >= 0.3 is 0 Å². The van der Waals surface area contributed by atoms with Gasteiger partial charge in [0.2, 0.25) is 0 Å². The lowest BCUT2D eigenvalue weighted by molar-refractivity contribution is 0.490. The first-order chi connectivity index (χ1) is 4.49. The lowest BCUT2D eigenvalue weighted by atomic mass is 10.1. The van der Waals surface area contributed by atoms with Crippen LogP contribution in [0.1, 0.15) is 13.3 Å². The highest BCUT2D eigenvalue weighted by atomic mass is 32.2. The van der Waals surface area contributed by atoms with Crippen molar-refractivity contribution in [1.29, 1.82) is 0 Å². The Morgan fingerprint density at radius 1 is 1.70 bits per heavy atom. The van der Waals surface area contributed by atoms with E-state index in [1.165, 1.54) is 0 Å². The largest absolute Gasteiger partial charge is 0.496 e. The topological polar surface area (TPSA) is 66.7 Å². The van der Waals surface area contributed by atoms with Crippen LogP contribution in [0.3, 0.4) is 0 Å². The molecule has 0 aliphatic carbocycles. The number of sulfonamides is 1. The van der Waals surface area contributed by atoms with Gasteiger partial charge in [0.25, 0.3) is 10.0 Å². The third-order valence-corrected chi connectivity index (χ3v) is 2.75. The van der Waals surface area contributed by atoms with E-state index in [9.17, 15) is 8.42 Å². The van der Waals surface area contributed by atoms with Crippen LogP contribution in [-0.4, -0.2) is 25.2 Å². The molecule has 10 heavy (non-hydrogen) atoms. The van der Waals surface area contributed by atoms with Crippen LogP contribution in [0.5, 0.6) is 0 Å². The second-order valence-corrected chi connectivity index (χ2v) is 4.25. The minimum Gasteiger partial charge on any atom is -0.496 e. The fraction of sp³-hybridized carbons (Fsp3) is 0.800. The molecule has 1 heterocycles. The van der Waals surface area contributed by atoms with Gasteiger partial charge in [-0.1, -0.05) is 6.92 Å². The maximum absolute atomic E-state index is 10.7. The number of nitrogens with zero attached hydrogens (tertiary/aromatic N) is 1. The first kappa shape index (κ1) is 7.53. The Kier molecular flexibility index (Phi) is 1.68. The molecule has 0 aromatic carbocycles. The summed E-state index contributed by atoms with van der Waals surface area (Å²) < 4.78 is 24.6. The molecular formula is C5H9NO3S. The second-order valence-electron chi connectivity index (χ2n) is 2.57. The molecule has 0 aromatic rings. The Hall–Kier alpha value is -0.580. The highest BCUT2D eigenvalue weighted by Gasteiger charge is 2.22. The van der Waals surface area contributed by atoms with E-state index in [0.717, 1.165) is 0 Å². The first-order valence-corrected chi connectivity index (χ1v) is 4.61. The van der Waals surface area contributed by atoms with Crippen molar-refractivity contribution in [2.45, 2.75) is 13.3 Å². The molecule has 58 valence electrons. The third-order valence-electron chi connectivity index (χ3n) is 1.27. The summed E-state index contributed by atoms with van der Waals surface area (Å²) in [5.41, 5.74) is 0. The van der Waals surface area contributed by atoms with Crippen LogP contribution in [0.25, 0.3) is 0 Å². The molecule has 1 unspecified atom stereocenters. The number of aliphatic hydroxyl groups is 1. The maximum Gasteiger partial charge on any atom is 0.256 e. The predicted octanol–water partition coefficient (Wildman–Crippen LogP) is 0.313. The average molecular weight is 163 g/mol. The summed E-state index contributed by atoms with van der Waals surface area (Å²) in [6, 6.07) is 0. The monoisotopic (exact) mass is 163 g/mol. The van der Waals surface area contributed by atoms with E-state index in [2.05, 4.69) is 4.40 Å². The fourth-order valence-corrected chi connectivity index (χ4v) is 2.27. The second kappa shape index (κ2) is 2.23. The quantitative estimate of drug-likeness (QED) is 0.559. The van der Waals surface area contributed by atoms with Crippen molar-refractivity contribution in [2.24, 2.45) is 10.3 Å². The minimum absolute atomic E-state index is 0.0116. The lowest BCUT2D eigenvalue weighted by Gasteiger charge is -2.13. The van der Waals surface area contributed by atoms with Crippen LogP contribution in [0, 0.1) is 5.92 Å². The molecule has 1 N–H and O–H groups in total. The van der Waals surface area contributed by atoms with Gasteiger partial charge in [0.05, 0.1) is 5.75 Å². The van der Waals surface area contributed by atoms with Crippen LogP contribution >= 0.6 is 0 Å². The normalized spacial score (nSPS) is 31.3. The van der Waals surface area contributed by atoms with Crippen LogP contribution in [0.15, 0.2) is 4.40 Å². The smallest absolute Gasteiger partial charge is 0.256 e. The van der Waals surface area contributed by atoms with Crippen molar-refractivity contribution in [1.82, 2.24) is 0 Å². The standard InChI is InChI=1S/C5H9NO3S/c1-4-2-5(7)6-10(8,9)3-4/h4H,2-3H2,1H3,(H,6,7). The molecule has 1 rings (SSSR count). The van der Waals surface area contributed by atoms with Gasteiger partial charge in [0, 0.05) is 6.42 Å². The summed E-state index contributed by atoms with van der Waals surface area (Å²) in [6.45, 7) is 1.77. The Balaban J connectivity index is 2.95. The highest BCUT2D eigenvalue weighted by molar-refractivity contribution is 7.90. The Bertz CT molecular complexity index is 254. The fourth-order valence-electron chi connectivity index (χ4n) is 0.965. The molecule has 1 aliphatic heterocycles. The SMILES string of the molecule is CC1CC(O)=NS(=O)(=O)C1. The minimum atomic E-state index is -3.34. The maximum atomic E-state index is 10.7. The van der Waals surface area contributed by atoms with E-state index in [0.29, 0.717) is 6.42 Å². The lowest BCUT2D eigenvalue weighted by Crippen LogP contribution is -2.22. The molecule has 1 aliphatic rings. The van der Waals surface area contributed by atoms with Gasteiger partial charge < -0.3 is 5.11 Å². The van der Waals surface area contributed by atoms with Crippen LogP contribution in [0.4, 0.5) is 0 Å². The third kappa shape index (κ3) is 1.70. The zero-order chi connectivity index (χ0) is 7.78. The Morgan fingerprint density at radius 2 is 2.30 bits per heavy atom. The van der Waals surface area contributed by atoms with Crippen LogP contribution in [0.2, 0.25) is 0 Å². The molecule has 5 heteroatoms. The number of rotatable bonds is 0. The van der Waals surface area contributed by atoms with Gasteiger partial charge in [-0.2, -0.15) is 0 Å². The number of hydrogen-bond acceptors (Lipinski definition) is 2. The summed E-state index contributed by atoms with van der Waals surface area (Å²) >= 11 is 0. The van der Waals surface area contributed by atoms with Crippen molar-refractivity contribution in [3.8, 4) is 0 Å². The highest BCUT2D eigenvalue weighted by Crippen LogP contribution is 2.14. The molecular weight excluding hydrogens is 154 g/mol. The molecule has 0 fully saturated rings. The zero-order valence-electron chi connectivity index (χ0n) is 5.61. The summed E-state index contributed by atoms with van der Waals surface area (Å²) in [5.74, 6) is -0.224. The summed E-state index contributed by atoms with van der Waals surface area (Å²) in [6.07, 6.45) is 0.374. The van der Waals surface area contributed by atoms with Crippen molar-refractivity contribution in [3.05, 3.63) is 0 Å². The van der Waals surface area contributed by atoms with Crippen molar-refractivity contribution >= 4 is 15.9 Å². The Labute approximate surface area is 59.6 Å². The number of aliphatic hydroxyl groups excluding tert-OH is 1. The molecule has 0 amide bonds. The first-order valence-electron chi connectivity index (χ1n) is 3.00. The molecule has 0 radical (unpaired) electrons. The van der Waals surface area contributed by atoms with E-state index in [1.807, 2.05) is 0 Å². The molecule has 0 saturated heterocycles. The van der Waals surface area contributed by atoms with Gasteiger partial charge in [-0.15, -0.1) is 4.40 Å². The molecule has 0 saturated carbocycles. The zero-order valence-corrected chi connectivity index (χ0v) is 6.43. The van der Waals surface area contributed by atoms with Crippen molar-refractivity contribution in [2.75, 3.05) is 5.75 Å². The summed E-state index contributed by atoms with van der Waals surface area (Å²) in [4.78, 5) is 0. The molecule has 0 spiro atoms. The predicted molar refractivity (Wildman–Crippen MR) is 37.6 cm³/mol. The van der Waals surface area contributed by atoms with Crippen molar-refractivity contribution in [3.63, 3.8) is 0 Å². The van der Waals surface area contributed by atoms with Crippen LogP contribution < -0.4 is 0 Å². The van der Waals surface area contributed by atoms with E-state index in [-0.39, 0.29) is 17.6 Å². The van der Waals surface area contributed by atoms with Gasteiger partial charge in [-0.05, 0) is 5.92 Å². The van der Waals surface area contributed by atoms with Gasteiger partial charge in [0.15, 0.2) is 5.90 Å². The summed E-state index contributed by atoms with van der Waals surface area (Å²) in [7, 11) is -3.34. The van der Waals surface area contributed by atoms with E-state index >= 15 is 0 Å². The molecule has 1 atom stereocenters. The number of hydrogen-bond donors (Lipinski definition) is 1. The summed E-state index contributed by atoms with van der Waals surface area (Å²) in [5, 5.41) is 8.79. The van der Waals surface area contributed by atoms with E-state index in [4.69, 9.17) is 5.11 Å². The van der Waals surface area contributed by atoms with Gasteiger partial charge in [-0.3, -0.25) is 0 Å². The molecule has 4 nitrogen and oxygen atoms in total. The van der Waals surface area contributed by atoms with Gasteiger partial charge in [-0.25, -0.2) is 8.42 Å². The van der Waals surface area contributed by atoms with Crippen molar-refractivity contribution < 1.29 is 13.5 Å². The van der Waals surface area contributed by atoms with E-state index < -0.39 is 10.0 Å². The molecule has 0 aromatic heterocycles.